The standard InChI is InChI=1S/C19H29N3O3/c1-4-17(23)16-5-6-19(20-13-16)22-9-7-21(8-10-22)11-12-25-14-18(24)15(2)3/h5-6,13,15H,4,7-12,14H2,1-3H3. The molecule has 138 valence electrons. The molecule has 6 heteroatoms. The van der Waals surface area contributed by atoms with E-state index in [2.05, 4.69) is 14.8 Å². The summed E-state index contributed by atoms with van der Waals surface area (Å²) in [6.45, 7) is 11.0. The summed E-state index contributed by atoms with van der Waals surface area (Å²) in [5.74, 6) is 1.24. The lowest BCUT2D eigenvalue weighted by Crippen LogP contribution is -2.47. The molecule has 0 unspecified atom stereocenters. The van der Waals surface area contributed by atoms with Crippen molar-refractivity contribution in [3.63, 3.8) is 0 Å². The number of nitrogens with zero attached hydrogens (tertiary/aromatic N) is 3. The molecule has 1 saturated heterocycles. The highest BCUT2D eigenvalue weighted by Gasteiger charge is 2.18. The van der Waals surface area contributed by atoms with Crippen LogP contribution in [0.4, 0.5) is 5.82 Å². The average Bonchev–Trinajstić information content (AvgIpc) is 2.65. The number of Topliss-reactive ketones (excluding diaryl/α,β-unsaturated/α-hetero) is 2. The minimum absolute atomic E-state index is 0.0371. The molecular formula is C19H29N3O3. The van der Waals surface area contributed by atoms with Gasteiger partial charge in [0.15, 0.2) is 11.6 Å². The lowest BCUT2D eigenvalue weighted by molar-refractivity contribution is -0.126. The number of carbonyl (C=O) groups excluding carboxylic acids is 2. The van der Waals surface area contributed by atoms with Gasteiger partial charge in [0.25, 0.3) is 0 Å². The summed E-state index contributed by atoms with van der Waals surface area (Å²) in [4.78, 5) is 32.2. The Kier molecular flexibility index (Phi) is 7.52. The number of pyridine rings is 1. The Labute approximate surface area is 150 Å². The van der Waals surface area contributed by atoms with E-state index in [4.69, 9.17) is 4.74 Å². The molecule has 0 spiro atoms. The van der Waals surface area contributed by atoms with Gasteiger partial charge < -0.3 is 9.64 Å². The largest absolute Gasteiger partial charge is 0.372 e. The normalized spacial score (nSPS) is 15.6. The fraction of sp³-hybridized carbons (Fsp3) is 0.632. The second kappa shape index (κ2) is 9.63. The van der Waals surface area contributed by atoms with E-state index < -0.39 is 0 Å². The van der Waals surface area contributed by atoms with Gasteiger partial charge in [-0.1, -0.05) is 20.8 Å². The van der Waals surface area contributed by atoms with E-state index in [-0.39, 0.29) is 24.1 Å². The van der Waals surface area contributed by atoms with Crippen molar-refractivity contribution in [2.75, 3.05) is 50.8 Å². The van der Waals surface area contributed by atoms with Crippen LogP contribution in [0.5, 0.6) is 0 Å². The van der Waals surface area contributed by atoms with Gasteiger partial charge in [-0.3, -0.25) is 14.5 Å². The monoisotopic (exact) mass is 347 g/mol. The molecule has 25 heavy (non-hydrogen) atoms. The van der Waals surface area contributed by atoms with E-state index in [9.17, 15) is 9.59 Å². The van der Waals surface area contributed by atoms with Crippen LogP contribution in [-0.2, 0) is 9.53 Å². The van der Waals surface area contributed by atoms with Gasteiger partial charge in [-0.2, -0.15) is 0 Å². The smallest absolute Gasteiger partial charge is 0.164 e. The van der Waals surface area contributed by atoms with E-state index in [1.165, 1.54) is 0 Å². The van der Waals surface area contributed by atoms with Crippen molar-refractivity contribution in [1.29, 1.82) is 0 Å². The number of ether oxygens (including phenoxy) is 1. The molecule has 6 nitrogen and oxygen atoms in total. The van der Waals surface area contributed by atoms with Crippen LogP contribution in [0, 0.1) is 5.92 Å². The first kappa shape index (κ1) is 19.5. The third-order valence-electron chi connectivity index (χ3n) is 4.53. The summed E-state index contributed by atoms with van der Waals surface area (Å²) in [5.41, 5.74) is 0.679. The molecule has 1 fully saturated rings. The van der Waals surface area contributed by atoms with Crippen molar-refractivity contribution >= 4 is 17.4 Å². The predicted octanol–water partition coefficient (Wildman–Crippen LogP) is 2.04. The highest BCUT2D eigenvalue weighted by Crippen LogP contribution is 2.14. The Balaban J connectivity index is 1.70. The quantitative estimate of drug-likeness (QED) is 0.503. The van der Waals surface area contributed by atoms with E-state index in [0.717, 1.165) is 38.5 Å². The number of hydrogen-bond acceptors (Lipinski definition) is 6. The predicted molar refractivity (Wildman–Crippen MR) is 98.2 cm³/mol. The summed E-state index contributed by atoms with van der Waals surface area (Å²) in [6.07, 6.45) is 2.18. The number of carbonyl (C=O) groups is 2. The van der Waals surface area contributed by atoms with Gasteiger partial charge in [-0.05, 0) is 12.1 Å². The Morgan fingerprint density at radius 2 is 1.92 bits per heavy atom. The Morgan fingerprint density at radius 1 is 1.20 bits per heavy atom. The molecule has 0 atom stereocenters. The average molecular weight is 347 g/mol. The number of piperazine rings is 1. The third-order valence-corrected chi connectivity index (χ3v) is 4.53. The number of anilines is 1. The second-order valence-corrected chi connectivity index (χ2v) is 6.68. The van der Waals surface area contributed by atoms with Crippen LogP contribution in [0.2, 0.25) is 0 Å². The van der Waals surface area contributed by atoms with Crippen LogP contribution in [0.1, 0.15) is 37.6 Å². The van der Waals surface area contributed by atoms with Crippen molar-refractivity contribution in [2.24, 2.45) is 5.92 Å². The summed E-state index contributed by atoms with van der Waals surface area (Å²) in [7, 11) is 0. The van der Waals surface area contributed by atoms with E-state index in [1.807, 2.05) is 32.9 Å². The molecule has 1 aliphatic rings. The fourth-order valence-electron chi connectivity index (χ4n) is 2.68. The van der Waals surface area contributed by atoms with Crippen molar-refractivity contribution in [1.82, 2.24) is 9.88 Å². The summed E-state index contributed by atoms with van der Waals surface area (Å²) < 4.78 is 5.47. The van der Waals surface area contributed by atoms with Crippen molar-refractivity contribution in [3.05, 3.63) is 23.9 Å². The highest BCUT2D eigenvalue weighted by molar-refractivity contribution is 5.95. The van der Waals surface area contributed by atoms with Crippen LogP contribution >= 0.6 is 0 Å². The van der Waals surface area contributed by atoms with Crippen molar-refractivity contribution in [3.8, 4) is 0 Å². The molecule has 1 aromatic heterocycles. The molecule has 0 saturated carbocycles. The first-order valence-corrected chi connectivity index (χ1v) is 9.08. The van der Waals surface area contributed by atoms with Crippen LogP contribution < -0.4 is 4.90 Å². The highest BCUT2D eigenvalue weighted by atomic mass is 16.5. The Hall–Kier alpha value is -1.79. The zero-order chi connectivity index (χ0) is 18.2. The fourth-order valence-corrected chi connectivity index (χ4v) is 2.68. The summed E-state index contributed by atoms with van der Waals surface area (Å²) in [6, 6.07) is 3.79. The number of ketones is 2. The van der Waals surface area contributed by atoms with E-state index in [0.29, 0.717) is 18.6 Å². The Bertz CT molecular complexity index is 564. The van der Waals surface area contributed by atoms with Crippen molar-refractivity contribution < 1.29 is 14.3 Å². The number of aromatic nitrogens is 1. The molecule has 0 bridgehead atoms. The van der Waals surface area contributed by atoms with Gasteiger partial charge in [0.2, 0.25) is 0 Å². The lowest BCUT2D eigenvalue weighted by atomic mass is 10.1. The van der Waals surface area contributed by atoms with Gasteiger partial charge in [-0.25, -0.2) is 4.98 Å². The van der Waals surface area contributed by atoms with Gasteiger partial charge in [0, 0.05) is 56.8 Å². The van der Waals surface area contributed by atoms with Gasteiger partial charge >= 0.3 is 0 Å². The minimum atomic E-state index is 0.0371. The van der Waals surface area contributed by atoms with E-state index >= 15 is 0 Å². The maximum Gasteiger partial charge on any atom is 0.164 e. The molecule has 2 heterocycles. The maximum absolute atomic E-state index is 11.7. The maximum atomic E-state index is 11.7. The third kappa shape index (κ3) is 5.90. The van der Waals surface area contributed by atoms with Gasteiger partial charge in [0.1, 0.15) is 12.4 Å². The molecule has 1 aromatic rings. The van der Waals surface area contributed by atoms with E-state index in [1.54, 1.807) is 6.20 Å². The number of hydrogen-bond donors (Lipinski definition) is 0. The molecule has 0 aliphatic carbocycles. The molecule has 0 N–H and O–H groups in total. The Morgan fingerprint density at radius 3 is 2.48 bits per heavy atom. The summed E-state index contributed by atoms with van der Waals surface area (Å²) in [5, 5.41) is 0. The molecular weight excluding hydrogens is 318 g/mol. The lowest BCUT2D eigenvalue weighted by Gasteiger charge is -2.35. The number of rotatable bonds is 9. The zero-order valence-electron chi connectivity index (χ0n) is 15.5. The summed E-state index contributed by atoms with van der Waals surface area (Å²) >= 11 is 0. The molecule has 0 amide bonds. The molecule has 0 radical (unpaired) electrons. The second-order valence-electron chi connectivity index (χ2n) is 6.68. The van der Waals surface area contributed by atoms with Crippen LogP contribution in [0.15, 0.2) is 18.3 Å². The van der Waals surface area contributed by atoms with Crippen LogP contribution in [0.3, 0.4) is 0 Å². The molecule has 1 aliphatic heterocycles. The van der Waals surface area contributed by atoms with Gasteiger partial charge in [0.05, 0.1) is 6.61 Å². The first-order chi connectivity index (χ1) is 12.0. The SMILES string of the molecule is CCC(=O)c1ccc(N2CCN(CCOCC(=O)C(C)C)CC2)nc1. The molecule has 2 rings (SSSR count). The minimum Gasteiger partial charge on any atom is -0.372 e. The topological polar surface area (TPSA) is 62.7 Å². The first-order valence-electron chi connectivity index (χ1n) is 9.08. The zero-order valence-corrected chi connectivity index (χ0v) is 15.5. The van der Waals surface area contributed by atoms with Crippen molar-refractivity contribution in [2.45, 2.75) is 27.2 Å². The van der Waals surface area contributed by atoms with Gasteiger partial charge in [-0.15, -0.1) is 0 Å². The molecule has 0 aromatic carbocycles. The van der Waals surface area contributed by atoms with Crippen LogP contribution in [0.25, 0.3) is 0 Å². The van der Waals surface area contributed by atoms with Crippen LogP contribution in [-0.4, -0.2) is 67.4 Å².